The zero-order valence-corrected chi connectivity index (χ0v) is 12.1. The van der Waals surface area contributed by atoms with Crippen LogP contribution in [0, 0.1) is 5.92 Å². The third-order valence-electron chi connectivity index (χ3n) is 4.59. The Labute approximate surface area is 112 Å². The third-order valence-corrected chi connectivity index (χ3v) is 4.59. The number of rotatable bonds is 4. The van der Waals surface area contributed by atoms with Crippen LogP contribution in [0.15, 0.2) is 0 Å². The molecule has 106 valence electrons. The van der Waals surface area contributed by atoms with Crippen LogP contribution in [0.2, 0.25) is 0 Å². The highest BCUT2D eigenvalue weighted by atomic mass is 16.3. The molecule has 2 rings (SSSR count). The summed E-state index contributed by atoms with van der Waals surface area (Å²) in [7, 11) is 0. The van der Waals surface area contributed by atoms with Gasteiger partial charge in [0.1, 0.15) is 0 Å². The number of piperazine rings is 1. The fourth-order valence-corrected chi connectivity index (χ4v) is 3.58. The van der Waals surface area contributed by atoms with Crippen LogP contribution in [0.1, 0.15) is 46.0 Å². The largest absolute Gasteiger partial charge is 0.392 e. The van der Waals surface area contributed by atoms with Crippen LogP contribution < -0.4 is 0 Å². The summed E-state index contributed by atoms with van der Waals surface area (Å²) in [5.41, 5.74) is 0. The van der Waals surface area contributed by atoms with Gasteiger partial charge < -0.3 is 10.0 Å². The average molecular weight is 254 g/mol. The van der Waals surface area contributed by atoms with Gasteiger partial charge in [0.15, 0.2) is 0 Å². The molecule has 0 aromatic carbocycles. The molecule has 0 unspecified atom stereocenters. The monoisotopic (exact) mass is 254 g/mol. The molecule has 2 aliphatic rings. The molecule has 0 bridgehead atoms. The zero-order chi connectivity index (χ0) is 13.0. The van der Waals surface area contributed by atoms with Gasteiger partial charge in [0.05, 0.1) is 6.10 Å². The summed E-state index contributed by atoms with van der Waals surface area (Å²) < 4.78 is 0. The smallest absolute Gasteiger partial charge is 0.0639 e. The summed E-state index contributed by atoms with van der Waals surface area (Å²) in [6.45, 7) is 9.83. The van der Waals surface area contributed by atoms with Crippen LogP contribution in [-0.2, 0) is 0 Å². The fourth-order valence-electron chi connectivity index (χ4n) is 3.58. The second-order valence-electron chi connectivity index (χ2n) is 6.46. The van der Waals surface area contributed by atoms with Crippen LogP contribution >= 0.6 is 0 Å². The highest BCUT2D eigenvalue weighted by molar-refractivity contribution is 4.82. The predicted octanol–water partition coefficient (Wildman–Crippen LogP) is 1.95. The van der Waals surface area contributed by atoms with Gasteiger partial charge in [0, 0.05) is 38.8 Å². The minimum Gasteiger partial charge on any atom is -0.392 e. The Kier molecular flexibility index (Phi) is 5.46. The van der Waals surface area contributed by atoms with E-state index in [1.807, 2.05) is 6.92 Å². The second-order valence-corrected chi connectivity index (χ2v) is 6.46. The fraction of sp³-hybridized carbons (Fsp3) is 1.00. The summed E-state index contributed by atoms with van der Waals surface area (Å²) in [4.78, 5) is 5.08. The lowest BCUT2D eigenvalue weighted by atomic mass is 9.88. The van der Waals surface area contributed by atoms with Gasteiger partial charge in [-0.25, -0.2) is 0 Å². The van der Waals surface area contributed by atoms with E-state index in [0.29, 0.717) is 6.04 Å². The lowest BCUT2D eigenvalue weighted by molar-refractivity contribution is 0.0368. The normalized spacial score (nSPS) is 30.5. The van der Waals surface area contributed by atoms with E-state index < -0.39 is 0 Å². The van der Waals surface area contributed by atoms with Gasteiger partial charge in [0.25, 0.3) is 0 Å². The van der Waals surface area contributed by atoms with Gasteiger partial charge in [-0.15, -0.1) is 0 Å². The van der Waals surface area contributed by atoms with E-state index in [0.717, 1.165) is 19.0 Å². The van der Waals surface area contributed by atoms with Crippen molar-refractivity contribution in [3.05, 3.63) is 0 Å². The maximum Gasteiger partial charge on any atom is 0.0639 e. The van der Waals surface area contributed by atoms with Crippen molar-refractivity contribution in [2.24, 2.45) is 5.92 Å². The minimum atomic E-state index is -0.197. The molecule has 1 heterocycles. The molecule has 1 saturated carbocycles. The lowest BCUT2D eigenvalue weighted by Crippen LogP contribution is -2.54. The molecule has 1 saturated heterocycles. The zero-order valence-electron chi connectivity index (χ0n) is 12.1. The quantitative estimate of drug-likeness (QED) is 0.831. The van der Waals surface area contributed by atoms with Crippen LogP contribution in [0.4, 0.5) is 0 Å². The highest BCUT2D eigenvalue weighted by Gasteiger charge is 2.26. The summed E-state index contributed by atoms with van der Waals surface area (Å²) in [6.07, 6.45) is 7.04. The summed E-state index contributed by atoms with van der Waals surface area (Å²) in [5.74, 6) is 0.953. The Hall–Kier alpha value is -0.120. The van der Waals surface area contributed by atoms with Gasteiger partial charge >= 0.3 is 0 Å². The summed E-state index contributed by atoms with van der Waals surface area (Å²) >= 11 is 0. The van der Waals surface area contributed by atoms with Crippen molar-refractivity contribution in [2.75, 3.05) is 32.7 Å². The number of aliphatic hydroxyl groups excluding tert-OH is 1. The number of β-amino-alcohol motifs (C(OH)–C–C–N with tert-alkyl or cyclic N) is 1. The average Bonchev–Trinajstić information content (AvgIpc) is 2.33. The number of nitrogens with zero attached hydrogens (tertiary/aromatic N) is 2. The van der Waals surface area contributed by atoms with Crippen molar-refractivity contribution in [3.63, 3.8) is 0 Å². The molecule has 3 nitrogen and oxygen atoms in total. The molecule has 0 spiro atoms. The van der Waals surface area contributed by atoms with Gasteiger partial charge in [-0.1, -0.05) is 19.3 Å². The Balaban J connectivity index is 1.73. The van der Waals surface area contributed by atoms with E-state index in [9.17, 15) is 5.11 Å². The molecule has 1 aliphatic carbocycles. The van der Waals surface area contributed by atoms with Crippen molar-refractivity contribution in [1.82, 2.24) is 9.80 Å². The molecule has 2 fully saturated rings. The first kappa shape index (κ1) is 14.3. The molecular formula is C15H30N2O. The number of aliphatic hydroxyl groups is 1. The van der Waals surface area contributed by atoms with Crippen LogP contribution in [-0.4, -0.2) is 59.8 Å². The van der Waals surface area contributed by atoms with Crippen LogP contribution in [0.5, 0.6) is 0 Å². The maximum atomic E-state index is 9.49. The van der Waals surface area contributed by atoms with Crippen LogP contribution in [0.25, 0.3) is 0 Å². The number of hydrogen-bond donors (Lipinski definition) is 1. The molecule has 18 heavy (non-hydrogen) atoms. The van der Waals surface area contributed by atoms with E-state index in [4.69, 9.17) is 0 Å². The van der Waals surface area contributed by atoms with Gasteiger partial charge in [-0.2, -0.15) is 0 Å². The van der Waals surface area contributed by atoms with Gasteiger partial charge in [-0.05, 0) is 32.6 Å². The number of hydrogen-bond acceptors (Lipinski definition) is 3. The van der Waals surface area contributed by atoms with E-state index in [1.165, 1.54) is 51.7 Å². The Morgan fingerprint density at radius 3 is 2.50 bits per heavy atom. The van der Waals surface area contributed by atoms with Crippen molar-refractivity contribution in [3.8, 4) is 0 Å². The minimum absolute atomic E-state index is 0.197. The standard InChI is InChI=1S/C15H30N2O/c1-13-10-16(8-9-17(13)11-14(2)18)12-15-6-4-3-5-7-15/h13-15,18H,3-12H2,1-2H3/t13-,14-/m1/s1. The molecule has 0 amide bonds. The summed E-state index contributed by atoms with van der Waals surface area (Å²) in [5, 5.41) is 9.49. The molecular weight excluding hydrogens is 224 g/mol. The summed E-state index contributed by atoms with van der Waals surface area (Å²) in [6, 6.07) is 0.594. The SMILES string of the molecule is C[C@@H]1CN(CC2CCCCC2)CCN1C[C@@H](C)O. The second kappa shape index (κ2) is 6.88. The van der Waals surface area contributed by atoms with Gasteiger partial charge in [0.2, 0.25) is 0 Å². The first-order valence-electron chi connectivity index (χ1n) is 7.79. The Morgan fingerprint density at radius 1 is 1.17 bits per heavy atom. The van der Waals surface area contributed by atoms with Crippen LogP contribution in [0.3, 0.4) is 0 Å². The maximum absolute atomic E-state index is 9.49. The van der Waals surface area contributed by atoms with Crippen molar-refractivity contribution in [1.29, 1.82) is 0 Å². The van der Waals surface area contributed by atoms with E-state index in [1.54, 1.807) is 0 Å². The first-order valence-corrected chi connectivity index (χ1v) is 7.79. The Morgan fingerprint density at radius 2 is 1.89 bits per heavy atom. The topological polar surface area (TPSA) is 26.7 Å². The van der Waals surface area contributed by atoms with Crippen molar-refractivity contribution < 1.29 is 5.11 Å². The first-order chi connectivity index (χ1) is 8.65. The molecule has 1 N–H and O–H groups in total. The molecule has 1 aliphatic heterocycles. The Bertz CT molecular complexity index is 239. The predicted molar refractivity (Wildman–Crippen MR) is 75.7 cm³/mol. The molecule has 0 aromatic rings. The molecule has 2 atom stereocenters. The van der Waals surface area contributed by atoms with E-state index >= 15 is 0 Å². The van der Waals surface area contributed by atoms with Gasteiger partial charge in [-0.3, -0.25) is 4.90 Å². The van der Waals surface area contributed by atoms with E-state index in [-0.39, 0.29) is 6.10 Å². The highest BCUT2D eigenvalue weighted by Crippen LogP contribution is 2.25. The molecule has 3 heteroatoms. The molecule has 0 aromatic heterocycles. The lowest BCUT2D eigenvalue weighted by Gasteiger charge is -2.42. The molecule has 0 radical (unpaired) electrons. The van der Waals surface area contributed by atoms with Crippen molar-refractivity contribution >= 4 is 0 Å². The third kappa shape index (κ3) is 4.22. The van der Waals surface area contributed by atoms with E-state index in [2.05, 4.69) is 16.7 Å². The van der Waals surface area contributed by atoms with Crippen molar-refractivity contribution in [2.45, 2.75) is 58.1 Å².